The van der Waals surface area contributed by atoms with Gasteiger partial charge in [0.05, 0.1) is 29.6 Å². The summed E-state index contributed by atoms with van der Waals surface area (Å²) >= 11 is 0. The lowest BCUT2D eigenvalue weighted by Crippen LogP contribution is -2.60. The summed E-state index contributed by atoms with van der Waals surface area (Å²) in [5.74, 6) is -1.96. The first-order valence-electron chi connectivity index (χ1n) is 19.1. The number of cyclic esters (lactones) is 1. The van der Waals surface area contributed by atoms with Crippen molar-refractivity contribution >= 4 is 44.7 Å². The molecule has 2 aliphatic carbocycles. The van der Waals surface area contributed by atoms with Crippen LogP contribution in [0.1, 0.15) is 71.3 Å². The van der Waals surface area contributed by atoms with Gasteiger partial charge in [-0.2, -0.15) is 0 Å². The van der Waals surface area contributed by atoms with Gasteiger partial charge in [-0.05, 0) is 68.1 Å². The maximum Gasteiger partial charge on any atom is 0.407 e. The minimum Gasteiger partial charge on any atom is -0.488 e. The van der Waals surface area contributed by atoms with Crippen LogP contribution in [0.2, 0.25) is 0 Å². The van der Waals surface area contributed by atoms with Crippen LogP contribution < -0.4 is 20.1 Å². The Balaban J connectivity index is 1.25. The van der Waals surface area contributed by atoms with Crippen LogP contribution in [-0.2, 0) is 35.6 Å². The summed E-state index contributed by atoms with van der Waals surface area (Å²) in [7, 11) is -3.90. The van der Waals surface area contributed by atoms with Gasteiger partial charge in [-0.15, -0.1) is 6.58 Å². The molecule has 1 aromatic heterocycles. The van der Waals surface area contributed by atoms with Gasteiger partial charge in [0, 0.05) is 29.4 Å². The number of alkyl carbamates (subject to hydrolysis) is 1. The standard InChI is InChI=1S/C41H49N5O8S/c1-5-27-23-41(27,38(49)45-55(51,52)29-16-17-29)44-36(47)33-21-28-24-46(33)37(48)35(40(2,3)4)43-39(50)53-19-11-7-8-12-25-15-18-31-30(20-25)34(54-28)22-32(42-31)26-13-9-6-10-14-26/h5-6,9-10,13-15,18,20,22,27-29,33,35H,1,7-8,11-12,16-17,19,21,23-24H2,2-4H3,(H,43,50)(H,44,47)(H,45,49)/t27-,28-,33+,35-,41-/m1/s1. The predicted molar refractivity (Wildman–Crippen MR) is 206 cm³/mol. The summed E-state index contributed by atoms with van der Waals surface area (Å²) < 4.78 is 40.0. The zero-order valence-corrected chi connectivity index (χ0v) is 32.3. The van der Waals surface area contributed by atoms with Crippen LogP contribution in [-0.4, -0.2) is 84.2 Å². The van der Waals surface area contributed by atoms with Gasteiger partial charge < -0.3 is 25.0 Å². The Morgan fingerprint density at radius 3 is 2.51 bits per heavy atom. The van der Waals surface area contributed by atoms with E-state index in [0.717, 1.165) is 41.3 Å². The molecule has 1 saturated heterocycles. The fourth-order valence-corrected chi connectivity index (χ4v) is 8.94. The maximum atomic E-state index is 14.6. The highest BCUT2D eigenvalue weighted by Crippen LogP contribution is 2.46. The van der Waals surface area contributed by atoms with E-state index >= 15 is 0 Å². The number of pyridine rings is 1. The van der Waals surface area contributed by atoms with E-state index in [-0.39, 0.29) is 26.0 Å². The number of nitrogens with one attached hydrogen (secondary N) is 3. The van der Waals surface area contributed by atoms with Crippen molar-refractivity contribution in [3.05, 3.63) is 72.8 Å². The van der Waals surface area contributed by atoms with Gasteiger partial charge in [0.2, 0.25) is 21.8 Å². The normalized spacial score (nSPS) is 26.2. The van der Waals surface area contributed by atoms with Crippen molar-refractivity contribution in [1.29, 1.82) is 0 Å². The first-order valence-corrected chi connectivity index (χ1v) is 20.6. The number of nitrogens with zero attached hydrogens (tertiary/aromatic N) is 2. The summed E-state index contributed by atoms with van der Waals surface area (Å²) in [6, 6.07) is 15.5. The lowest BCUT2D eigenvalue weighted by Gasteiger charge is -2.35. The van der Waals surface area contributed by atoms with Crippen LogP contribution in [0.3, 0.4) is 0 Å². The van der Waals surface area contributed by atoms with Crippen LogP contribution in [0.4, 0.5) is 4.79 Å². The third kappa shape index (κ3) is 8.19. The molecule has 292 valence electrons. The second-order valence-electron chi connectivity index (χ2n) is 16.3. The monoisotopic (exact) mass is 771 g/mol. The predicted octanol–water partition coefficient (Wildman–Crippen LogP) is 4.79. The molecule has 2 aromatic carbocycles. The minimum atomic E-state index is -3.90. The third-order valence-electron chi connectivity index (χ3n) is 11.0. The van der Waals surface area contributed by atoms with E-state index in [4.69, 9.17) is 14.5 Å². The first-order chi connectivity index (χ1) is 26.2. The number of amides is 4. The topological polar surface area (TPSA) is 173 Å². The average molecular weight is 772 g/mol. The van der Waals surface area contributed by atoms with Crippen molar-refractivity contribution in [3.63, 3.8) is 0 Å². The number of hydrogen-bond donors (Lipinski definition) is 3. The number of hydrogen-bond acceptors (Lipinski definition) is 9. The molecule has 7 rings (SSSR count). The molecule has 4 amide bonds. The molecule has 4 bridgehead atoms. The highest BCUT2D eigenvalue weighted by Gasteiger charge is 2.62. The second kappa shape index (κ2) is 14.9. The van der Waals surface area contributed by atoms with E-state index in [1.807, 2.05) is 63.2 Å². The van der Waals surface area contributed by atoms with E-state index in [0.29, 0.717) is 30.7 Å². The number of rotatable bonds is 7. The van der Waals surface area contributed by atoms with Gasteiger partial charge in [0.25, 0.3) is 5.91 Å². The fourth-order valence-electron chi connectivity index (χ4n) is 7.57. The van der Waals surface area contributed by atoms with Gasteiger partial charge in [-0.3, -0.25) is 19.1 Å². The smallest absolute Gasteiger partial charge is 0.407 e. The molecule has 14 heteroatoms. The molecule has 0 radical (unpaired) electrons. The Morgan fingerprint density at radius 2 is 1.82 bits per heavy atom. The Bertz CT molecular complexity index is 2120. The zero-order valence-electron chi connectivity index (χ0n) is 31.5. The Morgan fingerprint density at radius 1 is 1.05 bits per heavy atom. The van der Waals surface area contributed by atoms with Gasteiger partial charge in [0.15, 0.2) is 0 Å². The molecule has 2 aliphatic heterocycles. The van der Waals surface area contributed by atoms with Gasteiger partial charge >= 0.3 is 6.09 Å². The van der Waals surface area contributed by atoms with E-state index < -0.39 is 74.1 Å². The first kappa shape index (κ1) is 38.3. The number of aryl methyl sites for hydroxylation is 1. The molecular formula is C41H49N5O8S. The molecule has 3 N–H and O–H groups in total. The molecule has 0 unspecified atom stereocenters. The van der Waals surface area contributed by atoms with Crippen molar-refractivity contribution in [2.75, 3.05) is 13.2 Å². The maximum absolute atomic E-state index is 14.6. The summed E-state index contributed by atoms with van der Waals surface area (Å²) in [6.45, 7) is 9.40. The SMILES string of the molecule is C=C[C@@H]1C[C@]1(NC(=O)[C@@H]1C[C@@H]2CN1C(=O)[C@H](C(C)(C)C)NC(=O)OCCCCCc1ccc3nc(-c4ccccc4)cc(c3c1)O2)C(=O)NS(=O)(=O)C1CC1. The molecule has 0 spiro atoms. The van der Waals surface area contributed by atoms with E-state index in [1.165, 1.54) is 11.0 Å². The number of aromatic nitrogens is 1. The Kier molecular flexibility index (Phi) is 10.4. The molecular weight excluding hydrogens is 723 g/mol. The summed E-state index contributed by atoms with van der Waals surface area (Å²) in [4.78, 5) is 62.0. The number of sulfonamides is 1. The zero-order chi connectivity index (χ0) is 39.1. The van der Waals surface area contributed by atoms with Gasteiger partial charge in [-0.1, -0.05) is 63.2 Å². The quantitative estimate of drug-likeness (QED) is 0.286. The number of fused-ring (bicyclic) bond motifs is 3. The second-order valence-corrected chi connectivity index (χ2v) is 18.2. The van der Waals surface area contributed by atoms with Gasteiger partial charge in [0.1, 0.15) is 29.5 Å². The molecule has 2 saturated carbocycles. The molecule has 3 heterocycles. The molecule has 3 aromatic rings. The lowest BCUT2D eigenvalue weighted by molar-refractivity contribution is -0.142. The largest absolute Gasteiger partial charge is 0.488 e. The van der Waals surface area contributed by atoms with Crippen LogP contribution in [0, 0.1) is 11.3 Å². The molecule has 3 fully saturated rings. The van der Waals surface area contributed by atoms with Crippen molar-refractivity contribution in [2.24, 2.45) is 11.3 Å². The molecule has 4 aliphatic rings. The summed E-state index contributed by atoms with van der Waals surface area (Å²) in [5, 5.41) is 5.75. The summed E-state index contributed by atoms with van der Waals surface area (Å²) in [5.41, 5.74) is 1.08. The average Bonchev–Trinajstić information content (AvgIpc) is 4.08. The lowest BCUT2D eigenvalue weighted by atomic mass is 9.85. The van der Waals surface area contributed by atoms with Crippen LogP contribution in [0.5, 0.6) is 5.75 Å². The van der Waals surface area contributed by atoms with Crippen molar-refractivity contribution in [3.8, 4) is 17.0 Å². The Labute approximate surface area is 321 Å². The van der Waals surface area contributed by atoms with Crippen molar-refractivity contribution < 1.29 is 37.1 Å². The van der Waals surface area contributed by atoms with E-state index in [9.17, 15) is 27.6 Å². The number of ether oxygens (including phenoxy) is 2. The minimum absolute atomic E-state index is 0.00938. The van der Waals surface area contributed by atoms with Gasteiger partial charge in [-0.25, -0.2) is 18.2 Å². The highest BCUT2D eigenvalue weighted by molar-refractivity contribution is 7.91. The van der Waals surface area contributed by atoms with Crippen LogP contribution >= 0.6 is 0 Å². The van der Waals surface area contributed by atoms with Crippen molar-refractivity contribution in [2.45, 2.75) is 101 Å². The van der Waals surface area contributed by atoms with Crippen molar-refractivity contribution in [1.82, 2.24) is 25.2 Å². The third-order valence-corrected chi connectivity index (χ3v) is 12.8. The number of benzene rings is 2. The number of carbonyl (C=O) groups is 4. The Hall–Kier alpha value is -4.98. The van der Waals surface area contributed by atoms with Crippen LogP contribution in [0.25, 0.3) is 22.2 Å². The highest BCUT2D eigenvalue weighted by atomic mass is 32.2. The van der Waals surface area contributed by atoms with Crippen LogP contribution in [0.15, 0.2) is 67.3 Å². The van der Waals surface area contributed by atoms with E-state index in [2.05, 4.69) is 34.1 Å². The number of carbonyl (C=O) groups excluding carboxylic acids is 4. The molecule has 13 nitrogen and oxygen atoms in total. The molecule has 5 atom stereocenters. The summed E-state index contributed by atoms with van der Waals surface area (Å²) in [6.07, 6.45) is 4.37. The van der Waals surface area contributed by atoms with E-state index in [1.54, 1.807) is 0 Å². The molecule has 55 heavy (non-hydrogen) atoms. The fraction of sp³-hybridized carbons (Fsp3) is 0.488.